The highest BCUT2D eigenvalue weighted by Gasteiger charge is 2.24. The van der Waals surface area contributed by atoms with Gasteiger partial charge in [-0.3, -0.25) is 9.59 Å². The molecule has 0 saturated carbocycles. The van der Waals surface area contributed by atoms with Crippen LogP contribution in [0, 0.1) is 0 Å². The van der Waals surface area contributed by atoms with Gasteiger partial charge in [0.15, 0.2) is 17.0 Å². The minimum atomic E-state index is -1.21. The predicted octanol–water partition coefficient (Wildman–Crippen LogP) is 1.13. The van der Waals surface area contributed by atoms with Crippen molar-refractivity contribution in [2.75, 3.05) is 28.7 Å². The number of carbonyl (C=O) groups is 3. The average Bonchev–Trinajstić information content (AvgIpc) is 2.83. The van der Waals surface area contributed by atoms with Crippen molar-refractivity contribution >= 4 is 58.2 Å². The van der Waals surface area contributed by atoms with Crippen LogP contribution < -0.4 is 21.7 Å². The normalized spacial score (nSPS) is 13.7. The lowest BCUT2D eigenvalue weighted by Crippen LogP contribution is -2.40. The van der Waals surface area contributed by atoms with Gasteiger partial charge in [-0.25, -0.2) is 14.8 Å². The maximum absolute atomic E-state index is 12.7. The third-order valence-corrected chi connectivity index (χ3v) is 6.55. The van der Waals surface area contributed by atoms with E-state index in [1.54, 1.807) is 30.1 Å². The maximum Gasteiger partial charge on any atom is 0.326 e. The zero-order chi connectivity index (χ0) is 25.8. The van der Waals surface area contributed by atoms with E-state index in [9.17, 15) is 19.5 Å². The number of carboxylic acid groups (broad SMARTS) is 2. The zero-order valence-corrected chi connectivity index (χ0v) is 19.9. The number of carboxylic acids is 2. The largest absolute Gasteiger partial charge is 0.481 e. The summed E-state index contributed by atoms with van der Waals surface area (Å²) < 4.78 is 0. The van der Waals surface area contributed by atoms with Gasteiger partial charge in [0.25, 0.3) is 5.91 Å². The van der Waals surface area contributed by atoms with Crippen molar-refractivity contribution in [1.29, 1.82) is 0 Å². The fourth-order valence-corrected chi connectivity index (χ4v) is 4.88. The number of fused-ring (bicyclic) bond motifs is 2. The van der Waals surface area contributed by atoms with Gasteiger partial charge in [0, 0.05) is 29.2 Å². The molecule has 13 nitrogen and oxygen atoms in total. The van der Waals surface area contributed by atoms with Gasteiger partial charge in [-0.2, -0.15) is 9.97 Å². The van der Waals surface area contributed by atoms with Crippen LogP contribution in [0.1, 0.15) is 35.3 Å². The standard InChI is InChI=1S/C22H24N8O5S/c23-18-17-19(29-22(24)28-18)25-9-12(26-17)10-30-6-7-36-15-8-11(4-5-14(15)30)20(33)27-13(21(34)35)2-1-3-16(31)32/h4-5,8-9,13H,1-3,6-7,10H2,(H,27,33)(H,31,32)(H,34,35)(H4,23,24,25,28,29)/t13-/m0/s1. The molecule has 3 heterocycles. The molecule has 7 N–H and O–H groups in total. The van der Waals surface area contributed by atoms with Crippen molar-refractivity contribution in [2.45, 2.75) is 36.7 Å². The third kappa shape index (κ3) is 5.71. The molecule has 1 atom stereocenters. The molecule has 1 aliphatic heterocycles. The number of benzene rings is 1. The van der Waals surface area contributed by atoms with Crippen LogP contribution in [0.2, 0.25) is 0 Å². The molecule has 0 spiro atoms. The molecule has 36 heavy (non-hydrogen) atoms. The molecule has 2 aromatic heterocycles. The summed E-state index contributed by atoms with van der Waals surface area (Å²) in [5.74, 6) is -1.81. The Bertz CT molecular complexity index is 1340. The lowest BCUT2D eigenvalue weighted by atomic mass is 10.1. The molecule has 1 aromatic carbocycles. The molecule has 0 bridgehead atoms. The summed E-state index contributed by atoms with van der Waals surface area (Å²) in [6, 6.07) is 3.99. The van der Waals surface area contributed by atoms with Gasteiger partial charge >= 0.3 is 11.9 Å². The lowest BCUT2D eigenvalue weighted by molar-refractivity contribution is -0.140. The van der Waals surface area contributed by atoms with Gasteiger partial charge in [0.2, 0.25) is 5.95 Å². The van der Waals surface area contributed by atoms with Crippen molar-refractivity contribution in [1.82, 2.24) is 25.3 Å². The Morgan fingerprint density at radius 3 is 2.72 bits per heavy atom. The van der Waals surface area contributed by atoms with E-state index in [0.29, 0.717) is 29.0 Å². The summed E-state index contributed by atoms with van der Waals surface area (Å²) in [6.45, 7) is 1.18. The third-order valence-electron chi connectivity index (χ3n) is 5.52. The smallest absolute Gasteiger partial charge is 0.326 e. The second kappa shape index (κ2) is 10.6. The lowest BCUT2D eigenvalue weighted by Gasteiger charge is -2.31. The van der Waals surface area contributed by atoms with E-state index in [-0.39, 0.29) is 31.0 Å². The molecule has 3 aromatic rings. The molecular formula is C22H24N8O5S. The SMILES string of the molecule is Nc1nc(N)c2nc(CN3CCSc4cc(C(=O)N[C@@H](CCCC(=O)O)C(=O)O)ccc43)cnc2n1. The Labute approximate surface area is 209 Å². The fourth-order valence-electron chi connectivity index (χ4n) is 3.79. The summed E-state index contributed by atoms with van der Waals surface area (Å²) in [6.07, 6.45) is 1.61. The van der Waals surface area contributed by atoms with Crippen molar-refractivity contribution in [3.63, 3.8) is 0 Å². The van der Waals surface area contributed by atoms with Crippen LogP contribution in [0.5, 0.6) is 0 Å². The van der Waals surface area contributed by atoms with E-state index >= 15 is 0 Å². The summed E-state index contributed by atoms with van der Waals surface area (Å²) >= 11 is 1.59. The number of amides is 1. The van der Waals surface area contributed by atoms with Crippen LogP contribution in [0.25, 0.3) is 11.2 Å². The van der Waals surface area contributed by atoms with Crippen LogP contribution in [0.3, 0.4) is 0 Å². The molecule has 0 radical (unpaired) electrons. The number of nitrogens with one attached hydrogen (secondary N) is 1. The molecule has 188 valence electrons. The fraction of sp³-hybridized carbons (Fsp3) is 0.318. The first kappa shape index (κ1) is 24.9. The van der Waals surface area contributed by atoms with Gasteiger partial charge in [0.05, 0.1) is 24.1 Å². The van der Waals surface area contributed by atoms with Crippen molar-refractivity contribution in [3.8, 4) is 0 Å². The second-order valence-corrected chi connectivity index (χ2v) is 9.24. The number of nitrogen functional groups attached to an aromatic ring is 2. The van der Waals surface area contributed by atoms with E-state index in [0.717, 1.165) is 22.9 Å². The second-order valence-electron chi connectivity index (χ2n) is 8.10. The Hall–Kier alpha value is -4.20. The summed E-state index contributed by atoms with van der Waals surface area (Å²) in [7, 11) is 0. The van der Waals surface area contributed by atoms with E-state index < -0.39 is 23.9 Å². The average molecular weight is 513 g/mol. The number of thioether (sulfide) groups is 1. The van der Waals surface area contributed by atoms with Crippen molar-refractivity contribution in [3.05, 3.63) is 35.7 Å². The number of nitrogens with two attached hydrogens (primary N) is 2. The van der Waals surface area contributed by atoms with Crippen LogP contribution in [-0.4, -0.2) is 66.3 Å². The summed E-state index contributed by atoms with van der Waals surface area (Å²) in [5, 5.41) is 20.6. The van der Waals surface area contributed by atoms with Gasteiger partial charge in [0.1, 0.15) is 6.04 Å². The van der Waals surface area contributed by atoms with Crippen molar-refractivity contribution < 1.29 is 24.6 Å². The number of rotatable bonds is 9. The van der Waals surface area contributed by atoms with Crippen molar-refractivity contribution in [2.24, 2.45) is 0 Å². The summed E-state index contributed by atoms with van der Waals surface area (Å²) in [4.78, 5) is 54.7. The number of carbonyl (C=O) groups excluding carboxylic acids is 1. The molecule has 0 unspecified atom stereocenters. The van der Waals surface area contributed by atoms with E-state index in [4.69, 9.17) is 16.6 Å². The van der Waals surface area contributed by atoms with Crippen LogP contribution in [0.15, 0.2) is 29.3 Å². The minimum Gasteiger partial charge on any atom is -0.481 e. The molecule has 0 aliphatic carbocycles. The molecule has 14 heteroatoms. The number of nitrogens with zero attached hydrogens (tertiary/aromatic N) is 5. The van der Waals surface area contributed by atoms with Gasteiger partial charge < -0.3 is 31.9 Å². The van der Waals surface area contributed by atoms with E-state index in [1.807, 2.05) is 6.07 Å². The maximum atomic E-state index is 12.7. The topological polar surface area (TPSA) is 211 Å². The minimum absolute atomic E-state index is 0.0236. The first-order valence-electron chi connectivity index (χ1n) is 11.0. The monoisotopic (exact) mass is 512 g/mol. The highest BCUT2D eigenvalue weighted by Crippen LogP contribution is 2.36. The quantitative estimate of drug-likeness (QED) is 0.272. The van der Waals surface area contributed by atoms with Gasteiger partial charge in [-0.05, 0) is 31.0 Å². The number of aromatic nitrogens is 4. The van der Waals surface area contributed by atoms with E-state index in [2.05, 4.69) is 30.2 Å². The molecule has 1 amide bonds. The first-order chi connectivity index (χ1) is 17.2. The molecule has 4 rings (SSSR count). The number of anilines is 3. The van der Waals surface area contributed by atoms with E-state index in [1.165, 1.54) is 0 Å². The Morgan fingerprint density at radius 1 is 1.17 bits per heavy atom. The van der Waals surface area contributed by atoms with Crippen LogP contribution in [-0.2, 0) is 16.1 Å². The number of hydrogen-bond donors (Lipinski definition) is 5. The number of hydrogen-bond acceptors (Lipinski definition) is 11. The highest BCUT2D eigenvalue weighted by molar-refractivity contribution is 7.99. The van der Waals surface area contributed by atoms with Gasteiger partial charge in [-0.1, -0.05) is 0 Å². The Kier molecular flexibility index (Phi) is 7.33. The molecule has 0 fully saturated rings. The first-order valence-corrected chi connectivity index (χ1v) is 12.0. The highest BCUT2D eigenvalue weighted by atomic mass is 32.2. The zero-order valence-electron chi connectivity index (χ0n) is 19.0. The Balaban J connectivity index is 1.49. The molecule has 1 aliphatic rings. The predicted molar refractivity (Wildman–Crippen MR) is 133 cm³/mol. The van der Waals surface area contributed by atoms with Crippen LogP contribution >= 0.6 is 11.8 Å². The molecule has 0 saturated heterocycles. The molecular weight excluding hydrogens is 488 g/mol. The van der Waals surface area contributed by atoms with Gasteiger partial charge in [-0.15, -0.1) is 11.8 Å². The summed E-state index contributed by atoms with van der Waals surface area (Å²) in [5.41, 5.74) is 14.1. The van der Waals surface area contributed by atoms with Crippen LogP contribution in [0.4, 0.5) is 17.5 Å². The number of aliphatic carboxylic acids is 2. The Morgan fingerprint density at radius 2 is 1.97 bits per heavy atom.